The average molecular weight is 270 g/mol. The Bertz CT molecular complexity index is 556. The Balaban J connectivity index is 2.13. The van der Waals surface area contributed by atoms with Crippen LogP contribution in [-0.2, 0) is 17.6 Å². The summed E-state index contributed by atoms with van der Waals surface area (Å²) >= 11 is 0. The Morgan fingerprint density at radius 2 is 1.65 bits per heavy atom. The molecule has 2 heteroatoms. The molecule has 0 radical (unpaired) electrons. The highest BCUT2D eigenvalue weighted by Gasteiger charge is 2.16. The van der Waals surface area contributed by atoms with Gasteiger partial charge in [0.05, 0.1) is 0 Å². The molecule has 0 amide bonds. The van der Waals surface area contributed by atoms with Crippen molar-refractivity contribution in [1.82, 2.24) is 0 Å². The Hall–Kier alpha value is -1.96. The zero-order valence-electron chi connectivity index (χ0n) is 11.9. The minimum Gasteiger partial charge on any atom is -0.300 e. The van der Waals surface area contributed by atoms with E-state index in [0.717, 1.165) is 11.1 Å². The van der Waals surface area contributed by atoms with Crippen molar-refractivity contribution in [3.8, 4) is 0 Å². The Morgan fingerprint density at radius 1 is 1.05 bits per heavy atom. The quantitative estimate of drug-likeness (QED) is 0.798. The first-order valence-electron chi connectivity index (χ1n) is 6.85. The molecule has 1 atom stereocenters. The van der Waals surface area contributed by atoms with E-state index in [4.69, 9.17) is 0 Å². The van der Waals surface area contributed by atoms with Crippen LogP contribution in [0.15, 0.2) is 48.5 Å². The zero-order chi connectivity index (χ0) is 14.5. The second kappa shape index (κ2) is 6.47. The van der Waals surface area contributed by atoms with Gasteiger partial charge in [-0.25, -0.2) is 4.39 Å². The predicted molar refractivity (Wildman–Crippen MR) is 79.2 cm³/mol. The number of benzene rings is 2. The molecule has 2 aromatic carbocycles. The summed E-state index contributed by atoms with van der Waals surface area (Å²) in [7, 11) is 0. The van der Waals surface area contributed by atoms with Crippen molar-refractivity contribution in [1.29, 1.82) is 0 Å². The van der Waals surface area contributed by atoms with Gasteiger partial charge in [-0.2, -0.15) is 0 Å². The molecule has 2 aromatic rings. The lowest BCUT2D eigenvalue weighted by Gasteiger charge is -2.14. The minimum absolute atomic E-state index is 0.0985. The van der Waals surface area contributed by atoms with Gasteiger partial charge in [0.25, 0.3) is 0 Å². The standard InChI is InChI=1S/C18H19FO/c1-13-5-3-6-15(9-13)10-17(14(2)20)11-16-7-4-8-18(19)12-16/h3-9,12,17H,10-11H2,1-2H3. The van der Waals surface area contributed by atoms with Crippen molar-refractivity contribution in [2.75, 3.05) is 0 Å². The number of ketones is 1. The largest absolute Gasteiger partial charge is 0.300 e. The summed E-state index contributed by atoms with van der Waals surface area (Å²) < 4.78 is 13.2. The second-order valence-electron chi connectivity index (χ2n) is 5.33. The fraction of sp³-hybridized carbons (Fsp3) is 0.278. The fourth-order valence-electron chi connectivity index (χ4n) is 2.43. The first-order valence-corrected chi connectivity index (χ1v) is 6.85. The predicted octanol–water partition coefficient (Wildman–Crippen LogP) is 4.12. The van der Waals surface area contributed by atoms with E-state index in [9.17, 15) is 9.18 Å². The smallest absolute Gasteiger partial charge is 0.133 e. The SMILES string of the molecule is CC(=O)C(Cc1cccc(C)c1)Cc1cccc(F)c1. The van der Waals surface area contributed by atoms with Crippen molar-refractivity contribution < 1.29 is 9.18 Å². The molecule has 0 spiro atoms. The maximum atomic E-state index is 13.2. The monoisotopic (exact) mass is 270 g/mol. The van der Waals surface area contributed by atoms with E-state index >= 15 is 0 Å². The molecule has 0 aliphatic carbocycles. The summed E-state index contributed by atoms with van der Waals surface area (Å²) in [5, 5.41) is 0. The van der Waals surface area contributed by atoms with Gasteiger partial charge in [0.2, 0.25) is 0 Å². The van der Waals surface area contributed by atoms with E-state index in [-0.39, 0.29) is 17.5 Å². The highest BCUT2D eigenvalue weighted by Crippen LogP contribution is 2.17. The third-order valence-corrected chi connectivity index (χ3v) is 3.51. The molecule has 0 saturated carbocycles. The molecule has 0 aromatic heterocycles. The van der Waals surface area contributed by atoms with Crippen molar-refractivity contribution in [2.24, 2.45) is 5.92 Å². The van der Waals surface area contributed by atoms with Crippen molar-refractivity contribution in [2.45, 2.75) is 26.7 Å². The van der Waals surface area contributed by atoms with Gasteiger partial charge in [0.15, 0.2) is 0 Å². The van der Waals surface area contributed by atoms with Crippen LogP contribution in [0.1, 0.15) is 23.6 Å². The first-order chi connectivity index (χ1) is 9.54. The van der Waals surface area contributed by atoms with Crippen LogP contribution in [0.4, 0.5) is 4.39 Å². The Labute approximate surface area is 119 Å². The van der Waals surface area contributed by atoms with E-state index in [1.54, 1.807) is 13.0 Å². The maximum absolute atomic E-state index is 13.2. The van der Waals surface area contributed by atoms with Crippen molar-refractivity contribution in [3.63, 3.8) is 0 Å². The fourth-order valence-corrected chi connectivity index (χ4v) is 2.43. The molecule has 0 aliphatic rings. The molecule has 20 heavy (non-hydrogen) atoms. The van der Waals surface area contributed by atoms with E-state index in [1.807, 2.05) is 31.2 Å². The number of carbonyl (C=O) groups is 1. The number of hydrogen-bond acceptors (Lipinski definition) is 1. The zero-order valence-corrected chi connectivity index (χ0v) is 11.9. The second-order valence-corrected chi connectivity index (χ2v) is 5.33. The highest BCUT2D eigenvalue weighted by atomic mass is 19.1. The molecule has 0 aliphatic heterocycles. The van der Waals surface area contributed by atoms with Crippen molar-refractivity contribution >= 4 is 5.78 Å². The highest BCUT2D eigenvalue weighted by molar-refractivity contribution is 5.79. The van der Waals surface area contributed by atoms with Gasteiger partial charge in [-0.1, -0.05) is 42.0 Å². The lowest BCUT2D eigenvalue weighted by Crippen LogP contribution is -2.17. The lowest BCUT2D eigenvalue weighted by atomic mass is 9.89. The molecule has 1 nitrogen and oxygen atoms in total. The average Bonchev–Trinajstić information content (AvgIpc) is 2.38. The molecule has 0 fully saturated rings. The van der Waals surface area contributed by atoms with Crippen LogP contribution in [0.2, 0.25) is 0 Å². The van der Waals surface area contributed by atoms with Gasteiger partial charge in [0, 0.05) is 5.92 Å². The minimum atomic E-state index is -0.250. The Morgan fingerprint density at radius 3 is 2.20 bits per heavy atom. The van der Waals surface area contributed by atoms with Crippen LogP contribution in [-0.4, -0.2) is 5.78 Å². The van der Waals surface area contributed by atoms with Crippen LogP contribution in [0.5, 0.6) is 0 Å². The van der Waals surface area contributed by atoms with E-state index in [1.165, 1.54) is 17.7 Å². The molecular formula is C18H19FO. The molecule has 0 heterocycles. The van der Waals surface area contributed by atoms with Crippen LogP contribution in [0, 0.1) is 18.7 Å². The molecule has 0 bridgehead atoms. The topological polar surface area (TPSA) is 17.1 Å². The molecule has 0 saturated heterocycles. The van der Waals surface area contributed by atoms with Crippen LogP contribution in [0.25, 0.3) is 0 Å². The van der Waals surface area contributed by atoms with Gasteiger partial charge in [0.1, 0.15) is 11.6 Å². The van der Waals surface area contributed by atoms with Crippen LogP contribution in [0.3, 0.4) is 0 Å². The lowest BCUT2D eigenvalue weighted by molar-refractivity contribution is -0.120. The van der Waals surface area contributed by atoms with Gasteiger partial charge >= 0.3 is 0 Å². The van der Waals surface area contributed by atoms with Crippen LogP contribution < -0.4 is 0 Å². The number of hydrogen-bond donors (Lipinski definition) is 0. The van der Waals surface area contributed by atoms with E-state index < -0.39 is 0 Å². The Kier molecular flexibility index (Phi) is 4.67. The molecule has 1 unspecified atom stereocenters. The summed E-state index contributed by atoms with van der Waals surface area (Å²) in [6.07, 6.45) is 1.29. The summed E-state index contributed by atoms with van der Waals surface area (Å²) in [5.74, 6) is -0.199. The molecule has 0 N–H and O–H groups in total. The van der Waals surface area contributed by atoms with Crippen molar-refractivity contribution in [3.05, 3.63) is 71.0 Å². The molecule has 2 rings (SSSR count). The first kappa shape index (κ1) is 14.4. The van der Waals surface area contributed by atoms with E-state index in [0.29, 0.717) is 12.8 Å². The number of rotatable bonds is 5. The molecular weight excluding hydrogens is 251 g/mol. The number of aryl methyl sites for hydroxylation is 1. The van der Waals surface area contributed by atoms with Crippen LogP contribution >= 0.6 is 0 Å². The molecule has 104 valence electrons. The maximum Gasteiger partial charge on any atom is 0.133 e. The summed E-state index contributed by atoms with van der Waals surface area (Å²) in [6.45, 7) is 3.65. The van der Waals surface area contributed by atoms with Gasteiger partial charge in [-0.05, 0) is 49.9 Å². The van der Waals surface area contributed by atoms with Gasteiger partial charge < -0.3 is 0 Å². The summed E-state index contributed by atoms with van der Waals surface area (Å²) in [6, 6.07) is 14.7. The number of Topliss-reactive ketones (excluding diaryl/α,β-unsaturated/α-hetero) is 1. The summed E-state index contributed by atoms with van der Waals surface area (Å²) in [4.78, 5) is 11.8. The number of carbonyl (C=O) groups excluding carboxylic acids is 1. The van der Waals surface area contributed by atoms with Gasteiger partial charge in [-0.3, -0.25) is 4.79 Å². The third-order valence-electron chi connectivity index (χ3n) is 3.51. The number of halogens is 1. The van der Waals surface area contributed by atoms with E-state index in [2.05, 4.69) is 6.07 Å². The summed E-state index contributed by atoms with van der Waals surface area (Å²) in [5.41, 5.74) is 3.22. The van der Waals surface area contributed by atoms with Gasteiger partial charge in [-0.15, -0.1) is 0 Å². The normalized spacial score (nSPS) is 12.2. The third kappa shape index (κ3) is 4.02.